The first-order chi connectivity index (χ1) is 14.9. The Morgan fingerprint density at radius 1 is 0.903 bits per heavy atom. The molecule has 3 aromatic carbocycles. The fourth-order valence-electron chi connectivity index (χ4n) is 4.11. The lowest BCUT2D eigenvalue weighted by molar-refractivity contribution is -0.123. The van der Waals surface area contributed by atoms with E-state index in [-0.39, 0.29) is 17.6 Å². The van der Waals surface area contributed by atoms with Gasteiger partial charge in [-0.15, -0.1) is 11.8 Å². The zero-order valence-corrected chi connectivity index (χ0v) is 19.1. The van der Waals surface area contributed by atoms with Gasteiger partial charge in [-0.25, -0.2) is 0 Å². The second kappa shape index (κ2) is 7.75. The Hall–Kier alpha value is -2.18. The fraction of sp³-hybridized carbons (Fsp3) is 0.130. The molecule has 1 fully saturated rings. The van der Waals surface area contributed by atoms with E-state index in [1.54, 1.807) is 40.1 Å². The zero-order valence-electron chi connectivity index (χ0n) is 16.0. The van der Waals surface area contributed by atoms with Crippen molar-refractivity contribution in [3.63, 3.8) is 0 Å². The molecule has 0 unspecified atom stereocenters. The Kier molecular flexibility index (Phi) is 5.18. The first-order valence-corrected chi connectivity index (χ1v) is 11.6. The van der Waals surface area contributed by atoms with Crippen LogP contribution in [0.3, 0.4) is 0 Å². The van der Waals surface area contributed by atoms with Gasteiger partial charge in [0.05, 0.1) is 28.0 Å². The Labute approximate surface area is 198 Å². The summed E-state index contributed by atoms with van der Waals surface area (Å²) in [4.78, 5) is 29.1. The first kappa shape index (κ1) is 20.7. The van der Waals surface area contributed by atoms with Gasteiger partial charge in [0.15, 0.2) is 0 Å². The van der Waals surface area contributed by atoms with Gasteiger partial charge in [0.1, 0.15) is 0 Å². The van der Waals surface area contributed by atoms with Crippen molar-refractivity contribution < 1.29 is 9.59 Å². The molecule has 2 heterocycles. The summed E-state index contributed by atoms with van der Waals surface area (Å²) in [7, 11) is 0. The quantitative estimate of drug-likeness (QED) is 0.444. The van der Waals surface area contributed by atoms with E-state index in [4.69, 9.17) is 34.8 Å². The van der Waals surface area contributed by atoms with E-state index < -0.39 is 4.87 Å². The lowest BCUT2D eigenvalue weighted by atomic mass is 10.0. The van der Waals surface area contributed by atoms with Crippen molar-refractivity contribution >= 4 is 69.8 Å². The number of hydrogen-bond acceptors (Lipinski definition) is 3. The van der Waals surface area contributed by atoms with Gasteiger partial charge in [0, 0.05) is 16.3 Å². The number of hydrogen-bond donors (Lipinski definition) is 0. The highest BCUT2D eigenvalue weighted by atomic mass is 35.5. The molecular weight excluding hydrogens is 475 g/mol. The second-order valence-corrected chi connectivity index (χ2v) is 9.71. The van der Waals surface area contributed by atoms with Crippen molar-refractivity contribution in [2.45, 2.75) is 11.4 Å². The van der Waals surface area contributed by atoms with Gasteiger partial charge in [-0.2, -0.15) is 0 Å². The topological polar surface area (TPSA) is 40.6 Å². The van der Waals surface area contributed by atoms with Crippen LogP contribution in [0.5, 0.6) is 0 Å². The third-order valence-electron chi connectivity index (χ3n) is 5.48. The smallest absolute Gasteiger partial charge is 0.269 e. The van der Waals surface area contributed by atoms with E-state index in [1.807, 2.05) is 36.4 Å². The van der Waals surface area contributed by atoms with Crippen LogP contribution in [0.4, 0.5) is 11.4 Å². The maximum Gasteiger partial charge on any atom is 0.269 e. The first-order valence-electron chi connectivity index (χ1n) is 9.50. The molecule has 2 aliphatic heterocycles. The molecule has 4 nitrogen and oxygen atoms in total. The molecule has 0 aromatic heterocycles. The molecule has 0 aliphatic carbocycles. The maximum atomic E-state index is 14.0. The minimum absolute atomic E-state index is 0.153. The molecule has 3 aromatic rings. The summed E-state index contributed by atoms with van der Waals surface area (Å²) in [6.07, 6.45) is 0. The average Bonchev–Trinajstić information content (AvgIpc) is 3.23. The molecule has 1 atom stereocenters. The largest absolute Gasteiger partial charge is 0.304 e. The number of para-hydroxylation sites is 1. The van der Waals surface area contributed by atoms with Crippen LogP contribution in [0, 0.1) is 0 Å². The monoisotopic (exact) mass is 488 g/mol. The van der Waals surface area contributed by atoms with Crippen molar-refractivity contribution in [1.29, 1.82) is 0 Å². The highest BCUT2D eigenvalue weighted by Crippen LogP contribution is 2.56. The highest BCUT2D eigenvalue weighted by Gasteiger charge is 2.60. The molecule has 0 radical (unpaired) electrons. The van der Waals surface area contributed by atoms with E-state index in [2.05, 4.69) is 0 Å². The average molecular weight is 490 g/mol. The summed E-state index contributed by atoms with van der Waals surface area (Å²) in [5, 5.41) is 1.35. The molecule has 156 valence electrons. The standard InChI is InChI=1S/C23H15Cl3N2O2S/c24-15-7-5-14(6-8-15)12-27-20-4-2-1-3-17(20)23(22(27)30)28(21(29)13-31-23)16-9-10-18(25)19(26)11-16/h1-11H,12-13H2/t23-/m0/s1. The van der Waals surface area contributed by atoms with Crippen molar-refractivity contribution in [3.05, 3.63) is 92.9 Å². The second-order valence-electron chi connectivity index (χ2n) is 7.30. The van der Waals surface area contributed by atoms with Crippen LogP contribution in [0.2, 0.25) is 15.1 Å². The molecule has 1 spiro atoms. The Morgan fingerprint density at radius 2 is 1.65 bits per heavy atom. The number of thioether (sulfide) groups is 1. The maximum absolute atomic E-state index is 14.0. The Bertz CT molecular complexity index is 1220. The van der Waals surface area contributed by atoms with Crippen LogP contribution in [0.1, 0.15) is 11.1 Å². The summed E-state index contributed by atoms with van der Waals surface area (Å²) in [6, 6.07) is 20.0. The van der Waals surface area contributed by atoms with Gasteiger partial charge in [-0.1, -0.05) is 65.1 Å². The van der Waals surface area contributed by atoms with E-state index in [0.29, 0.717) is 27.3 Å². The minimum atomic E-state index is -1.18. The number of carbonyl (C=O) groups excluding carboxylic acids is 2. The van der Waals surface area contributed by atoms with Crippen molar-refractivity contribution in [2.24, 2.45) is 0 Å². The number of fused-ring (bicyclic) bond motifs is 2. The van der Waals surface area contributed by atoms with E-state index in [0.717, 1.165) is 16.8 Å². The molecule has 2 aliphatic rings. The summed E-state index contributed by atoms with van der Waals surface area (Å²) < 4.78 is 0. The molecule has 0 bridgehead atoms. The third-order valence-corrected chi connectivity index (χ3v) is 7.86. The van der Waals surface area contributed by atoms with Crippen LogP contribution in [-0.2, 0) is 21.0 Å². The van der Waals surface area contributed by atoms with Gasteiger partial charge < -0.3 is 4.90 Å². The van der Waals surface area contributed by atoms with Crippen LogP contribution >= 0.6 is 46.6 Å². The van der Waals surface area contributed by atoms with Crippen LogP contribution < -0.4 is 9.80 Å². The number of carbonyl (C=O) groups is 2. The van der Waals surface area contributed by atoms with Crippen LogP contribution in [0.25, 0.3) is 0 Å². The normalized spacial score (nSPS) is 20.1. The SMILES string of the molecule is O=C1CS[C@@]2(C(=O)N(Cc3ccc(Cl)cc3)c3ccccc32)N1c1ccc(Cl)c(Cl)c1. The molecule has 31 heavy (non-hydrogen) atoms. The minimum Gasteiger partial charge on any atom is -0.304 e. The molecule has 5 rings (SSSR count). The summed E-state index contributed by atoms with van der Waals surface area (Å²) >= 11 is 19.7. The highest BCUT2D eigenvalue weighted by molar-refractivity contribution is 8.02. The van der Waals surface area contributed by atoms with Gasteiger partial charge in [-0.05, 0) is 42.0 Å². The molecule has 0 saturated carbocycles. The van der Waals surface area contributed by atoms with Crippen molar-refractivity contribution in [3.8, 4) is 0 Å². The van der Waals surface area contributed by atoms with Gasteiger partial charge >= 0.3 is 0 Å². The van der Waals surface area contributed by atoms with Gasteiger partial charge in [0.25, 0.3) is 5.91 Å². The van der Waals surface area contributed by atoms with E-state index in [1.165, 1.54) is 11.8 Å². The van der Waals surface area contributed by atoms with Gasteiger partial charge in [-0.3, -0.25) is 14.5 Å². The molecule has 1 saturated heterocycles. The number of halogens is 3. The number of nitrogens with zero attached hydrogens (tertiary/aromatic N) is 2. The van der Waals surface area contributed by atoms with E-state index >= 15 is 0 Å². The molecule has 2 amide bonds. The zero-order chi connectivity index (χ0) is 21.8. The molecule has 8 heteroatoms. The van der Waals surface area contributed by atoms with Crippen LogP contribution in [0.15, 0.2) is 66.7 Å². The van der Waals surface area contributed by atoms with Crippen molar-refractivity contribution in [2.75, 3.05) is 15.6 Å². The predicted molar refractivity (Wildman–Crippen MR) is 127 cm³/mol. The van der Waals surface area contributed by atoms with Crippen LogP contribution in [-0.4, -0.2) is 17.6 Å². The summed E-state index contributed by atoms with van der Waals surface area (Å²) in [5.74, 6) is -0.125. The van der Waals surface area contributed by atoms with Crippen molar-refractivity contribution in [1.82, 2.24) is 0 Å². The lowest BCUT2D eigenvalue weighted by Crippen LogP contribution is -2.49. The summed E-state index contributed by atoms with van der Waals surface area (Å²) in [6.45, 7) is 0.374. The Balaban J connectivity index is 1.63. The number of benzene rings is 3. The summed E-state index contributed by atoms with van der Waals surface area (Å²) in [5.41, 5.74) is 3.06. The fourth-order valence-corrected chi connectivity index (χ4v) is 5.89. The number of amides is 2. The molecule has 0 N–H and O–H groups in total. The van der Waals surface area contributed by atoms with E-state index in [9.17, 15) is 9.59 Å². The Morgan fingerprint density at radius 3 is 2.39 bits per heavy atom. The lowest BCUT2D eigenvalue weighted by Gasteiger charge is -2.33. The number of rotatable bonds is 3. The third kappa shape index (κ3) is 3.23. The predicted octanol–water partition coefficient (Wildman–Crippen LogP) is 6.13. The number of anilines is 2. The van der Waals surface area contributed by atoms with Gasteiger partial charge in [0.2, 0.25) is 10.8 Å². The molecular formula is C23H15Cl3N2O2S.